The molecule has 0 aliphatic carbocycles. The molecule has 0 aliphatic heterocycles. The van der Waals surface area contributed by atoms with Gasteiger partial charge in [-0.05, 0) is 29.8 Å². The summed E-state index contributed by atoms with van der Waals surface area (Å²) in [5.74, 6) is 1.03. The van der Waals surface area contributed by atoms with Crippen molar-refractivity contribution in [2.45, 2.75) is 11.6 Å². The number of aromatic nitrogens is 3. The number of halogens is 1. The first-order valence-corrected chi connectivity index (χ1v) is 9.08. The van der Waals surface area contributed by atoms with Gasteiger partial charge in [0.15, 0.2) is 5.16 Å². The van der Waals surface area contributed by atoms with E-state index in [0.29, 0.717) is 11.4 Å². The van der Waals surface area contributed by atoms with Crippen LogP contribution in [0.2, 0.25) is 5.02 Å². The number of benzene rings is 2. The summed E-state index contributed by atoms with van der Waals surface area (Å²) in [5, 5.41) is 12.6. The minimum absolute atomic E-state index is 0.0973. The van der Waals surface area contributed by atoms with Gasteiger partial charge in [0.2, 0.25) is 5.91 Å². The van der Waals surface area contributed by atoms with Crippen LogP contribution in [0.1, 0.15) is 11.4 Å². The van der Waals surface area contributed by atoms with Crippen LogP contribution >= 0.6 is 23.4 Å². The van der Waals surface area contributed by atoms with Crippen molar-refractivity contribution in [3.63, 3.8) is 0 Å². The molecule has 7 heteroatoms. The second kappa shape index (κ2) is 8.18. The summed E-state index contributed by atoms with van der Waals surface area (Å²) in [4.78, 5) is 12.1. The normalized spacial score (nSPS) is 10.6. The van der Waals surface area contributed by atoms with Gasteiger partial charge in [0, 0.05) is 24.2 Å². The largest absolute Gasteiger partial charge is 0.325 e. The first-order chi connectivity index (χ1) is 12.1. The average Bonchev–Trinajstić information content (AvgIpc) is 2.96. The number of nitrogens with one attached hydrogen (secondary N) is 1. The highest BCUT2D eigenvalue weighted by atomic mass is 35.5. The van der Waals surface area contributed by atoms with Crippen molar-refractivity contribution in [2.75, 3.05) is 11.1 Å². The van der Waals surface area contributed by atoms with Gasteiger partial charge in [-0.3, -0.25) is 4.79 Å². The Kier molecular flexibility index (Phi) is 5.73. The lowest BCUT2D eigenvalue weighted by atomic mass is 10.1. The van der Waals surface area contributed by atoms with Crippen molar-refractivity contribution < 1.29 is 4.79 Å². The molecular weight excluding hydrogens is 356 g/mol. The molecular formula is C18H17ClN4OS. The van der Waals surface area contributed by atoms with Gasteiger partial charge in [0.05, 0.1) is 5.75 Å². The fourth-order valence-electron chi connectivity index (χ4n) is 2.26. The topological polar surface area (TPSA) is 59.8 Å². The van der Waals surface area contributed by atoms with E-state index in [1.54, 1.807) is 24.3 Å². The van der Waals surface area contributed by atoms with Crippen molar-refractivity contribution in [1.82, 2.24) is 14.8 Å². The van der Waals surface area contributed by atoms with Crippen molar-refractivity contribution in [3.8, 4) is 0 Å². The zero-order valence-corrected chi connectivity index (χ0v) is 15.2. The van der Waals surface area contributed by atoms with Crippen molar-refractivity contribution in [2.24, 2.45) is 7.05 Å². The highest BCUT2D eigenvalue weighted by molar-refractivity contribution is 7.99. The summed E-state index contributed by atoms with van der Waals surface area (Å²) in [7, 11) is 1.91. The van der Waals surface area contributed by atoms with E-state index in [9.17, 15) is 4.79 Å². The number of amides is 1. The number of carbonyl (C=O) groups is 1. The molecule has 128 valence electrons. The predicted molar refractivity (Wildman–Crippen MR) is 101 cm³/mol. The summed E-state index contributed by atoms with van der Waals surface area (Å²) in [6.45, 7) is 0. The van der Waals surface area contributed by atoms with Crippen LogP contribution in [0.5, 0.6) is 0 Å². The van der Waals surface area contributed by atoms with Crippen molar-refractivity contribution in [3.05, 3.63) is 71.0 Å². The standard InChI is InChI=1S/C18H17ClN4OS/c1-23-16(11-13-5-3-2-4-6-13)21-22-18(23)25-12-17(24)20-15-9-7-14(19)8-10-15/h2-10H,11-12H2,1H3,(H,20,24). The van der Waals surface area contributed by atoms with Crippen LogP contribution in [0.4, 0.5) is 5.69 Å². The summed E-state index contributed by atoms with van der Waals surface area (Å²) < 4.78 is 1.92. The molecule has 1 N–H and O–H groups in total. The highest BCUT2D eigenvalue weighted by Gasteiger charge is 2.12. The van der Waals surface area contributed by atoms with E-state index in [4.69, 9.17) is 11.6 Å². The lowest BCUT2D eigenvalue weighted by Crippen LogP contribution is -2.14. The van der Waals surface area contributed by atoms with Crippen molar-refractivity contribution >= 4 is 35.0 Å². The van der Waals surface area contributed by atoms with Crippen LogP contribution in [0.3, 0.4) is 0 Å². The van der Waals surface area contributed by atoms with Crippen LogP contribution in [0.15, 0.2) is 59.8 Å². The van der Waals surface area contributed by atoms with E-state index in [0.717, 1.165) is 16.7 Å². The molecule has 0 saturated heterocycles. The number of nitrogens with zero attached hydrogens (tertiary/aromatic N) is 3. The third-order valence-electron chi connectivity index (χ3n) is 3.59. The number of rotatable bonds is 6. The van der Waals surface area contributed by atoms with Crippen LogP contribution in [-0.2, 0) is 18.3 Å². The Morgan fingerprint density at radius 1 is 1.12 bits per heavy atom. The van der Waals surface area contributed by atoms with Crippen LogP contribution in [0, 0.1) is 0 Å². The molecule has 1 amide bonds. The highest BCUT2D eigenvalue weighted by Crippen LogP contribution is 2.18. The molecule has 3 aromatic rings. The maximum absolute atomic E-state index is 12.1. The van der Waals surface area contributed by atoms with Crippen LogP contribution in [0.25, 0.3) is 0 Å². The SMILES string of the molecule is Cn1c(Cc2ccccc2)nnc1SCC(=O)Nc1ccc(Cl)cc1. The molecule has 0 fully saturated rings. The average molecular weight is 373 g/mol. The zero-order valence-electron chi connectivity index (χ0n) is 13.6. The maximum atomic E-state index is 12.1. The van der Waals surface area contributed by atoms with E-state index in [1.807, 2.05) is 29.8 Å². The molecule has 0 radical (unpaired) electrons. The van der Waals surface area contributed by atoms with E-state index in [2.05, 4.69) is 27.6 Å². The molecule has 25 heavy (non-hydrogen) atoms. The van der Waals surface area contributed by atoms with Gasteiger partial charge in [-0.1, -0.05) is 53.7 Å². The Labute approximate surface area is 155 Å². The molecule has 2 aromatic carbocycles. The van der Waals surface area contributed by atoms with Crippen LogP contribution in [-0.4, -0.2) is 26.4 Å². The molecule has 0 unspecified atom stereocenters. The Balaban J connectivity index is 1.56. The second-order valence-corrected chi connectivity index (χ2v) is 6.84. The van der Waals surface area contributed by atoms with Gasteiger partial charge in [0.1, 0.15) is 5.82 Å². The maximum Gasteiger partial charge on any atom is 0.234 e. The number of carbonyl (C=O) groups excluding carboxylic acids is 1. The molecule has 0 bridgehead atoms. The van der Waals surface area contributed by atoms with Gasteiger partial charge >= 0.3 is 0 Å². The molecule has 0 spiro atoms. The van der Waals surface area contributed by atoms with Gasteiger partial charge in [-0.15, -0.1) is 10.2 Å². The Bertz CT molecular complexity index is 849. The Hall–Kier alpha value is -2.31. The molecule has 1 aromatic heterocycles. The zero-order chi connectivity index (χ0) is 17.6. The number of hydrogen-bond donors (Lipinski definition) is 1. The summed E-state index contributed by atoms with van der Waals surface area (Å²) >= 11 is 7.19. The van der Waals surface area contributed by atoms with Crippen molar-refractivity contribution in [1.29, 1.82) is 0 Å². The number of thioether (sulfide) groups is 1. The van der Waals surface area contributed by atoms with E-state index < -0.39 is 0 Å². The van der Waals surface area contributed by atoms with E-state index >= 15 is 0 Å². The van der Waals surface area contributed by atoms with Gasteiger partial charge in [0.25, 0.3) is 0 Å². The predicted octanol–water partition coefficient (Wildman–Crippen LogP) is 3.79. The summed E-state index contributed by atoms with van der Waals surface area (Å²) in [6, 6.07) is 17.1. The quantitative estimate of drug-likeness (QED) is 0.669. The number of anilines is 1. The monoisotopic (exact) mass is 372 g/mol. The molecule has 0 atom stereocenters. The van der Waals surface area contributed by atoms with Gasteiger partial charge in [-0.25, -0.2) is 0 Å². The lowest BCUT2D eigenvalue weighted by Gasteiger charge is -2.06. The fourth-order valence-corrected chi connectivity index (χ4v) is 3.12. The number of hydrogen-bond acceptors (Lipinski definition) is 4. The third kappa shape index (κ3) is 4.84. The van der Waals surface area contributed by atoms with E-state index in [-0.39, 0.29) is 11.7 Å². The van der Waals surface area contributed by atoms with Crippen LogP contribution < -0.4 is 5.32 Å². The molecule has 0 aliphatic rings. The fraction of sp³-hybridized carbons (Fsp3) is 0.167. The molecule has 3 rings (SSSR count). The van der Waals surface area contributed by atoms with E-state index in [1.165, 1.54) is 17.3 Å². The molecule has 1 heterocycles. The smallest absolute Gasteiger partial charge is 0.234 e. The Morgan fingerprint density at radius 3 is 2.56 bits per heavy atom. The summed E-state index contributed by atoms with van der Waals surface area (Å²) in [6.07, 6.45) is 0.710. The summed E-state index contributed by atoms with van der Waals surface area (Å²) in [5.41, 5.74) is 1.90. The van der Waals surface area contributed by atoms with Gasteiger partial charge < -0.3 is 9.88 Å². The minimum Gasteiger partial charge on any atom is -0.325 e. The second-order valence-electron chi connectivity index (χ2n) is 5.46. The van der Waals surface area contributed by atoms with Gasteiger partial charge in [-0.2, -0.15) is 0 Å². The molecule has 0 saturated carbocycles. The Morgan fingerprint density at radius 2 is 1.84 bits per heavy atom. The third-order valence-corrected chi connectivity index (χ3v) is 4.86. The first kappa shape index (κ1) is 17.5. The molecule has 5 nitrogen and oxygen atoms in total. The lowest BCUT2D eigenvalue weighted by molar-refractivity contribution is -0.113. The first-order valence-electron chi connectivity index (χ1n) is 7.72. The minimum atomic E-state index is -0.0973.